The van der Waals surface area contributed by atoms with Crippen LogP contribution in [0.3, 0.4) is 0 Å². The molecule has 1 amide bonds. The average Bonchev–Trinajstić information content (AvgIpc) is 3.15. The molecule has 3 fully saturated rings. The molecule has 2 bridgehead atoms. The van der Waals surface area contributed by atoms with E-state index in [9.17, 15) is 39.3 Å². The summed E-state index contributed by atoms with van der Waals surface area (Å²) in [6.45, 7) is 7.42. The van der Waals surface area contributed by atoms with Crippen molar-refractivity contribution in [1.82, 2.24) is 5.32 Å². The van der Waals surface area contributed by atoms with Gasteiger partial charge in [-0.1, -0.05) is 50.2 Å². The van der Waals surface area contributed by atoms with Crippen LogP contribution in [0.1, 0.15) is 75.1 Å². The molecular formula is C41H47NO14. The number of aliphatic hydroxyl groups is 3. The molecule has 1 heterocycles. The van der Waals surface area contributed by atoms with Gasteiger partial charge >= 0.3 is 23.9 Å². The van der Waals surface area contributed by atoms with Crippen LogP contribution in [0.25, 0.3) is 0 Å². The van der Waals surface area contributed by atoms with E-state index in [-0.39, 0.29) is 35.3 Å². The van der Waals surface area contributed by atoms with Crippen LogP contribution < -0.4 is 5.32 Å². The first kappa shape index (κ1) is 40.7. The zero-order valence-electron chi connectivity index (χ0n) is 32.0. The topological polar surface area (TPSA) is 221 Å². The molecular weight excluding hydrogens is 730 g/mol. The van der Waals surface area contributed by atoms with E-state index >= 15 is 4.79 Å². The number of Topliss-reactive ketones (excluding diaryl/α,β-unsaturated/α-hetero) is 1. The number of ether oxygens (including phenoxy) is 5. The molecule has 3 aliphatic carbocycles. The van der Waals surface area contributed by atoms with Gasteiger partial charge in [-0.05, 0) is 49.3 Å². The molecule has 1 saturated heterocycles. The SMILES string of the molecule is CC(=O)O[C@H]1C(=O)[C@@]2(C)[C@H]([C@H](OC(=O)c3ccccc3)[C@]3(O)C[C@H](OC(=O)C(O)CNC(=O)c4ccccc4)C(C)=C1C3(C)C)[C@]1(OC(C)=O)CO[C@@H]1C[C@@H]2O. The number of carbonyl (C=O) groups is 6. The second kappa shape index (κ2) is 14.8. The Hall–Kier alpha value is -4.96. The molecule has 2 aromatic carbocycles. The molecule has 0 aromatic heterocycles. The number of esters is 4. The number of benzene rings is 2. The van der Waals surface area contributed by atoms with Crippen LogP contribution in [0.4, 0.5) is 0 Å². The van der Waals surface area contributed by atoms with Crippen LogP contribution in [-0.4, -0.2) is 112 Å². The fraction of sp³-hybridized carbons (Fsp3) is 0.512. The molecule has 4 N–H and O–H groups in total. The van der Waals surface area contributed by atoms with Crippen molar-refractivity contribution in [3.63, 3.8) is 0 Å². The lowest BCUT2D eigenvalue weighted by Crippen LogP contribution is -2.82. The zero-order valence-corrected chi connectivity index (χ0v) is 32.0. The quantitative estimate of drug-likeness (QED) is 0.163. The molecule has 15 heteroatoms. The maximum absolute atomic E-state index is 15.3. The molecule has 2 aromatic rings. The fourth-order valence-electron chi connectivity index (χ4n) is 9.20. The third kappa shape index (κ3) is 6.59. The van der Waals surface area contributed by atoms with Gasteiger partial charge in [-0.3, -0.25) is 19.2 Å². The summed E-state index contributed by atoms with van der Waals surface area (Å²) in [7, 11) is 0. The Morgan fingerprint density at radius 1 is 0.911 bits per heavy atom. The number of aliphatic hydroxyl groups excluding tert-OH is 2. The Labute approximate surface area is 323 Å². The van der Waals surface area contributed by atoms with Crippen LogP contribution in [0.5, 0.6) is 0 Å². The Balaban J connectivity index is 1.50. The number of nitrogens with one attached hydrogen (secondary N) is 1. The number of rotatable bonds is 9. The maximum Gasteiger partial charge on any atom is 0.338 e. The highest BCUT2D eigenvalue weighted by atomic mass is 16.6. The van der Waals surface area contributed by atoms with Gasteiger partial charge < -0.3 is 44.3 Å². The first-order valence-corrected chi connectivity index (χ1v) is 18.4. The van der Waals surface area contributed by atoms with E-state index in [1.807, 2.05) is 0 Å². The second-order valence-corrected chi connectivity index (χ2v) is 15.8. The molecule has 6 rings (SSSR count). The number of hydrogen-bond acceptors (Lipinski definition) is 14. The van der Waals surface area contributed by atoms with Crippen molar-refractivity contribution in [2.24, 2.45) is 16.7 Å². The van der Waals surface area contributed by atoms with Gasteiger partial charge in [-0.2, -0.15) is 0 Å². The van der Waals surface area contributed by atoms with Gasteiger partial charge in [0.05, 0.1) is 36.2 Å². The predicted molar refractivity (Wildman–Crippen MR) is 193 cm³/mol. The largest absolute Gasteiger partial charge is 0.456 e. The first-order valence-electron chi connectivity index (χ1n) is 18.4. The molecule has 300 valence electrons. The summed E-state index contributed by atoms with van der Waals surface area (Å²) in [4.78, 5) is 81.2. The molecule has 4 aliphatic rings. The van der Waals surface area contributed by atoms with E-state index in [0.717, 1.165) is 13.8 Å². The molecule has 15 nitrogen and oxygen atoms in total. The van der Waals surface area contributed by atoms with Crippen molar-refractivity contribution in [3.8, 4) is 0 Å². The van der Waals surface area contributed by atoms with Crippen molar-refractivity contribution >= 4 is 35.6 Å². The van der Waals surface area contributed by atoms with Gasteiger partial charge in [-0.25, -0.2) is 9.59 Å². The Bertz CT molecular complexity index is 1950. The van der Waals surface area contributed by atoms with Crippen LogP contribution in [-0.2, 0) is 42.9 Å². The summed E-state index contributed by atoms with van der Waals surface area (Å²) in [6, 6.07) is 15.9. The predicted octanol–water partition coefficient (Wildman–Crippen LogP) is 1.99. The molecule has 0 spiro atoms. The number of carbonyl (C=O) groups excluding carboxylic acids is 6. The number of amides is 1. The zero-order chi connectivity index (χ0) is 41.0. The molecule has 1 unspecified atom stereocenters. The van der Waals surface area contributed by atoms with E-state index in [0.29, 0.717) is 0 Å². The van der Waals surface area contributed by atoms with E-state index < -0.39 is 113 Å². The van der Waals surface area contributed by atoms with Crippen LogP contribution in [0.2, 0.25) is 0 Å². The minimum absolute atomic E-state index is 0.0114. The van der Waals surface area contributed by atoms with Gasteiger partial charge in [0, 0.05) is 37.7 Å². The Morgan fingerprint density at radius 2 is 1.52 bits per heavy atom. The molecule has 2 saturated carbocycles. The average molecular weight is 778 g/mol. The lowest BCUT2D eigenvalue weighted by atomic mass is 9.44. The standard InChI is InChI=1S/C41H47NO14/c1-21-27(54-37(50)26(45)19-42-35(48)24-13-9-7-10-14-24)18-41(51)34(55-36(49)25-15-11-8-12-16-25)32-39(6,28(46)17-29-40(32,20-52-29)56-23(3)44)33(47)31(53-22(2)43)30(21)38(41,4)5/h7-16,26-29,31-32,34,45-46,51H,17-20H2,1-6H3,(H,42,48)/t26?,27-,28-,29+,31+,32-,34-,39+,40-,41+/m0/s1. The highest BCUT2D eigenvalue weighted by Crippen LogP contribution is 2.64. The van der Waals surface area contributed by atoms with Gasteiger partial charge in [-0.15, -0.1) is 0 Å². The summed E-state index contributed by atoms with van der Waals surface area (Å²) in [5.74, 6) is -6.71. The van der Waals surface area contributed by atoms with Crippen molar-refractivity contribution in [1.29, 1.82) is 0 Å². The van der Waals surface area contributed by atoms with Crippen LogP contribution in [0.15, 0.2) is 71.8 Å². The Kier molecular flexibility index (Phi) is 10.8. The van der Waals surface area contributed by atoms with Gasteiger partial charge in [0.1, 0.15) is 23.9 Å². The Morgan fingerprint density at radius 3 is 2.07 bits per heavy atom. The van der Waals surface area contributed by atoms with E-state index in [4.69, 9.17) is 23.7 Å². The number of ketones is 1. The first-order chi connectivity index (χ1) is 26.3. The van der Waals surface area contributed by atoms with Gasteiger partial charge in [0.25, 0.3) is 5.91 Å². The number of fused-ring (bicyclic) bond motifs is 5. The molecule has 56 heavy (non-hydrogen) atoms. The minimum Gasteiger partial charge on any atom is -0.456 e. The highest BCUT2D eigenvalue weighted by molar-refractivity contribution is 5.96. The summed E-state index contributed by atoms with van der Waals surface area (Å²) in [5.41, 5.74) is -7.19. The van der Waals surface area contributed by atoms with E-state index in [2.05, 4.69) is 5.32 Å². The van der Waals surface area contributed by atoms with Crippen molar-refractivity contribution < 1.29 is 67.8 Å². The minimum atomic E-state index is -2.35. The van der Waals surface area contributed by atoms with Crippen molar-refractivity contribution in [2.75, 3.05) is 13.2 Å². The lowest BCUT2D eigenvalue weighted by molar-refractivity contribution is -0.346. The molecule has 1 aliphatic heterocycles. The summed E-state index contributed by atoms with van der Waals surface area (Å²) in [6.07, 6.45) is -10.2. The normalized spacial score (nSPS) is 33.5. The third-order valence-corrected chi connectivity index (χ3v) is 12.2. The number of hydrogen-bond donors (Lipinski definition) is 4. The monoisotopic (exact) mass is 777 g/mol. The maximum atomic E-state index is 15.3. The molecule has 10 atom stereocenters. The summed E-state index contributed by atoms with van der Waals surface area (Å²) < 4.78 is 29.8. The van der Waals surface area contributed by atoms with Gasteiger partial charge in [0.2, 0.25) is 0 Å². The van der Waals surface area contributed by atoms with Crippen LogP contribution >= 0.6 is 0 Å². The summed E-state index contributed by atoms with van der Waals surface area (Å²) >= 11 is 0. The second-order valence-electron chi connectivity index (χ2n) is 15.8. The van der Waals surface area contributed by atoms with E-state index in [1.165, 1.54) is 26.0 Å². The van der Waals surface area contributed by atoms with Crippen molar-refractivity contribution in [2.45, 2.75) is 102 Å². The van der Waals surface area contributed by atoms with Crippen LogP contribution in [0, 0.1) is 16.7 Å². The van der Waals surface area contributed by atoms with Crippen molar-refractivity contribution in [3.05, 3.63) is 82.9 Å². The highest BCUT2D eigenvalue weighted by Gasteiger charge is 2.78. The fourth-order valence-corrected chi connectivity index (χ4v) is 9.20. The lowest BCUT2D eigenvalue weighted by Gasteiger charge is -2.67. The third-order valence-electron chi connectivity index (χ3n) is 12.2. The smallest absolute Gasteiger partial charge is 0.338 e. The van der Waals surface area contributed by atoms with E-state index in [1.54, 1.807) is 62.4 Å². The summed E-state index contributed by atoms with van der Waals surface area (Å²) in [5, 5.41) is 38.7. The van der Waals surface area contributed by atoms with Gasteiger partial charge in [0.15, 0.2) is 23.6 Å². The molecule has 0 radical (unpaired) electrons.